The lowest BCUT2D eigenvalue weighted by Crippen LogP contribution is -2.07. The Morgan fingerprint density at radius 3 is 1.18 bits per heavy atom. The number of aromatic nitrogens is 11. The number of benzene rings is 7. The zero-order chi connectivity index (χ0) is 46.0. The van der Waals surface area contributed by atoms with Gasteiger partial charge in [-0.15, -0.1) is 0 Å². The third-order valence-corrected chi connectivity index (χ3v) is 12.2. The summed E-state index contributed by atoms with van der Waals surface area (Å²) in [6.07, 6.45) is 0. The summed E-state index contributed by atoms with van der Waals surface area (Å²) in [5, 5.41) is 15.4. The monoisotopic (exact) mass is 878 g/mol. The summed E-state index contributed by atoms with van der Waals surface area (Å²) in [6, 6.07) is 55.7. The molecule has 322 valence electrons. The maximum atomic E-state index is 11.3. The van der Waals surface area contributed by atoms with E-state index in [0.29, 0.717) is 63.5 Å². The van der Waals surface area contributed by atoms with Crippen molar-refractivity contribution in [1.29, 1.82) is 5.26 Å². The lowest BCUT2D eigenvalue weighted by Gasteiger charge is -2.19. The average Bonchev–Trinajstić information content (AvgIpc) is 3.88. The molecule has 0 saturated heterocycles. The van der Waals surface area contributed by atoms with Crippen molar-refractivity contribution in [2.75, 3.05) is 0 Å². The van der Waals surface area contributed by atoms with E-state index in [1.165, 1.54) is 0 Å². The first-order valence-electron chi connectivity index (χ1n) is 22.2. The van der Waals surface area contributed by atoms with Gasteiger partial charge in [0.1, 0.15) is 23.3 Å². The second-order valence-corrected chi connectivity index (χ2v) is 16.7. The van der Waals surface area contributed by atoms with Crippen molar-refractivity contribution in [3.8, 4) is 74.4 Å². The van der Waals surface area contributed by atoms with Crippen LogP contribution in [0.25, 0.3) is 112 Å². The molecule has 12 heteroatoms. The van der Waals surface area contributed by atoms with Crippen LogP contribution < -0.4 is 0 Å². The molecule has 12 nitrogen and oxygen atoms in total. The Hall–Kier alpha value is -9.34. The number of aryl methyl sites for hydroxylation is 4. The van der Waals surface area contributed by atoms with Gasteiger partial charge < -0.3 is 9.13 Å². The van der Waals surface area contributed by atoms with Crippen LogP contribution in [0.1, 0.15) is 28.9 Å². The summed E-state index contributed by atoms with van der Waals surface area (Å²) in [5.74, 6) is 5.23. The highest BCUT2D eigenvalue weighted by Gasteiger charge is 2.25. The zero-order valence-corrected chi connectivity index (χ0v) is 37.4. The Labute approximate surface area is 390 Å². The van der Waals surface area contributed by atoms with Crippen LogP contribution in [-0.2, 0) is 0 Å². The predicted molar refractivity (Wildman–Crippen MR) is 266 cm³/mol. The summed E-state index contributed by atoms with van der Waals surface area (Å²) in [5.41, 5.74) is 9.79. The van der Waals surface area contributed by atoms with Crippen molar-refractivity contribution in [2.24, 2.45) is 0 Å². The molecule has 12 aromatic rings. The van der Waals surface area contributed by atoms with Crippen LogP contribution in [0, 0.1) is 39.0 Å². The van der Waals surface area contributed by atoms with Gasteiger partial charge in [0.05, 0.1) is 45.1 Å². The van der Waals surface area contributed by atoms with Crippen LogP contribution in [0.3, 0.4) is 0 Å². The van der Waals surface area contributed by atoms with Gasteiger partial charge in [-0.3, -0.25) is 0 Å². The molecule has 7 aromatic carbocycles. The van der Waals surface area contributed by atoms with E-state index in [4.69, 9.17) is 34.9 Å². The van der Waals surface area contributed by atoms with E-state index in [0.717, 1.165) is 77.2 Å². The number of para-hydroxylation sites is 2. The van der Waals surface area contributed by atoms with Gasteiger partial charge in [0, 0.05) is 49.4 Å². The van der Waals surface area contributed by atoms with Gasteiger partial charge in [-0.25, -0.2) is 44.9 Å². The zero-order valence-electron chi connectivity index (χ0n) is 37.4. The fraction of sp³-hybridized carbons (Fsp3) is 0.0714. The van der Waals surface area contributed by atoms with Crippen molar-refractivity contribution >= 4 is 43.6 Å². The number of fused-ring (bicyclic) bond motifs is 6. The molecule has 5 heterocycles. The van der Waals surface area contributed by atoms with Gasteiger partial charge in [0.2, 0.25) is 0 Å². The lowest BCUT2D eigenvalue weighted by atomic mass is 10.0. The van der Waals surface area contributed by atoms with Gasteiger partial charge in [-0.1, -0.05) is 97.1 Å². The molecule has 0 atom stereocenters. The van der Waals surface area contributed by atoms with E-state index < -0.39 is 0 Å². The summed E-state index contributed by atoms with van der Waals surface area (Å²) in [4.78, 5) is 43.0. The number of nitriles is 1. The Morgan fingerprint density at radius 1 is 0.338 bits per heavy atom. The molecule has 0 spiro atoms. The van der Waals surface area contributed by atoms with Crippen molar-refractivity contribution in [2.45, 2.75) is 27.7 Å². The molecule has 12 rings (SSSR count). The fourth-order valence-corrected chi connectivity index (χ4v) is 9.37. The van der Waals surface area contributed by atoms with Gasteiger partial charge in [0.15, 0.2) is 29.1 Å². The summed E-state index contributed by atoms with van der Waals surface area (Å²) in [7, 11) is 0. The summed E-state index contributed by atoms with van der Waals surface area (Å²) < 4.78 is 4.53. The Kier molecular flexibility index (Phi) is 9.44. The van der Waals surface area contributed by atoms with E-state index in [-0.39, 0.29) is 0 Å². The lowest BCUT2D eigenvalue weighted by molar-refractivity contribution is 0.928. The predicted octanol–water partition coefficient (Wildman–Crippen LogP) is 11.9. The number of hydrogen-bond donors (Lipinski definition) is 0. The maximum absolute atomic E-state index is 11.3. The molecule has 0 fully saturated rings. The summed E-state index contributed by atoms with van der Waals surface area (Å²) in [6.45, 7) is 7.53. The molecule has 68 heavy (non-hydrogen) atoms. The molecular weight excluding hydrogens is 841 g/mol. The third-order valence-electron chi connectivity index (χ3n) is 12.2. The number of rotatable bonds is 7. The third kappa shape index (κ3) is 6.80. The van der Waals surface area contributed by atoms with Crippen LogP contribution in [0.15, 0.2) is 158 Å². The molecular formula is C56H38N12. The quantitative estimate of drug-likeness (QED) is 0.151. The number of nitrogens with zero attached hydrogens (tertiary/aromatic N) is 12. The van der Waals surface area contributed by atoms with Crippen molar-refractivity contribution in [3.05, 3.63) is 187 Å². The maximum Gasteiger partial charge on any atom is 0.165 e. The van der Waals surface area contributed by atoms with Crippen LogP contribution in [0.5, 0.6) is 0 Å². The van der Waals surface area contributed by atoms with E-state index in [9.17, 15) is 5.26 Å². The minimum atomic E-state index is 0.375. The molecule has 0 saturated carbocycles. The van der Waals surface area contributed by atoms with Gasteiger partial charge in [-0.2, -0.15) is 5.26 Å². The van der Waals surface area contributed by atoms with Crippen LogP contribution in [0.4, 0.5) is 0 Å². The van der Waals surface area contributed by atoms with Crippen molar-refractivity contribution in [3.63, 3.8) is 0 Å². The highest BCUT2D eigenvalue weighted by Crippen LogP contribution is 2.42. The van der Waals surface area contributed by atoms with Crippen LogP contribution >= 0.6 is 0 Å². The van der Waals surface area contributed by atoms with E-state index in [2.05, 4.69) is 110 Å². The molecule has 5 aromatic heterocycles. The van der Waals surface area contributed by atoms with Crippen molar-refractivity contribution < 1.29 is 0 Å². The molecule has 0 aliphatic heterocycles. The topological polar surface area (TPSA) is 150 Å². The SMILES string of the molecule is Cc1nc(C)nc(-c2ccc3c(c2)c2ccccc2n3-c2cc(C#N)c(-c3nc(-c4ccccc4)nc(-c4ccccc4)n3)cc2-n2c3ccccc3c3cc(-c4nc(C)nc(C)n4)ccc32)n1. The molecule has 0 unspecified atom stereocenters. The van der Waals surface area contributed by atoms with Gasteiger partial charge in [0.25, 0.3) is 0 Å². The van der Waals surface area contributed by atoms with Crippen molar-refractivity contribution in [1.82, 2.24) is 54.0 Å². The molecule has 0 N–H and O–H groups in total. The minimum Gasteiger partial charge on any atom is -0.307 e. The molecule has 0 amide bonds. The fourth-order valence-electron chi connectivity index (χ4n) is 9.37. The molecule has 0 aliphatic carbocycles. The normalized spacial score (nSPS) is 11.5. The summed E-state index contributed by atoms with van der Waals surface area (Å²) >= 11 is 0. The van der Waals surface area contributed by atoms with E-state index in [1.807, 2.05) is 100 Å². The highest BCUT2D eigenvalue weighted by molar-refractivity contribution is 6.13. The van der Waals surface area contributed by atoms with E-state index >= 15 is 0 Å². The largest absolute Gasteiger partial charge is 0.307 e. The van der Waals surface area contributed by atoms with Gasteiger partial charge in [-0.05, 0) is 88.4 Å². The number of hydrogen-bond acceptors (Lipinski definition) is 10. The molecule has 0 aliphatic rings. The average molecular weight is 879 g/mol. The Morgan fingerprint density at radius 2 is 0.721 bits per heavy atom. The van der Waals surface area contributed by atoms with Crippen LogP contribution in [0.2, 0.25) is 0 Å². The van der Waals surface area contributed by atoms with Gasteiger partial charge >= 0.3 is 0 Å². The standard InChI is InChI=1S/C56H38N12/c1-32-58-33(2)61-54(60-32)38-23-25-48-44(27-38)41-19-11-13-21-46(41)67(48)50-29-40(31-57)43(56-65-52(36-15-7-5-8-16-36)64-53(66-56)37-17-9-6-10-18-37)30-51(50)68-47-22-14-12-20-42(47)45-28-39(24-26-49(45)68)55-62-34(3)59-35(4)63-55/h5-30H,1-4H3. The molecule has 0 radical (unpaired) electrons. The smallest absolute Gasteiger partial charge is 0.165 e. The second-order valence-electron chi connectivity index (χ2n) is 16.7. The second kappa shape index (κ2) is 16.0. The first-order chi connectivity index (χ1) is 33.3. The highest BCUT2D eigenvalue weighted by atomic mass is 15.1. The first kappa shape index (κ1) is 40.2. The minimum absolute atomic E-state index is 0.375. The Balaban J connectivity index is 1.18. The molecule has 0 bridgehead atoms. The van der Waals surface area contributed by atoms with E-state index in [1.54, 1.807) is 0 Å². The Bertz CT molecular complexity index is 3940. The first-order valence-corrected chi connectivity index (χ1v) is 22.2. The van der Waals surface area contributed by atoms with Crippen LogP contribution in [-0.4, -0.2) is 54.0 Å².